The van der Waals surface area contributed by atoms with Crippen molar-refractivity contribution in [2.45, 2.75) is 35.8 Å². The summed E-state index contributed by atoms with van der Waals surface area (Å²) in [6.07, 6.45) is 0. The molecule has 1 heterocycles. The molecule has 0 amide bonds. The smallest absolute Gasteiger partial charge is 0.185 e. The number of para-hydroxylation sites is 2. The Hall–Kier alpha value is -2.72. The Morgan fingerprint density at radius 1 is 0.824 bits per heavy atom. The van der Waals surface area contributed by atoms with Crippen molar-refractivity contribution in [1.82, 2.24) is 0 Å². The monoisotopic (exact) mass is 502 g/mol. The number of hydrogen-bond acceptors (Lipinski definition) is 7. The van der Waals surface area contributed by atoms with Crippen molar-refractivity contribution < 1.29 is 42.3 Å². The van der Waals surface area contributed by atoms with E-state index >= 15 is 0 Å². The van der Waals surface area contributed by atoms with E-state index < -0.39 is 42.8 Å². The molecule has 1 aliphatic rings. The van der Waals surface area contributed by atoms with Crippen molar-refractivity contribution in [3.8, 4) is 11.5 Å². The van der Waals surface area contributed by atoms with Crippen molar-refractivity contribution in [1.29, 1.82) is 0 Å². The minimum absolute atomic E-state index is 0.174. The number of halogens is 1. The number of carbonyl (C=O) groups excluding carboxylic acids is 2. The summed E-state index contributed by atoms with van der Waals surface area (Å²) in [6, 6.07) is 20.9. The molecule has 0 saturated carbocycles. The van der Waals surface area contributed by atoms with Crippen molar-refractivity contribution in [2.75, 3.05) is 0 Å². The lowest BCUT2D eigenvalue weighted by atomic mass is 9.86. The third-order valence-electron chi connectivity index (χ3n) is 5.35. The number of ketones is 2. The SMILES string of the molecule is CC(C)(C)C(=O)C(C(=O)c1ccccc1)S1(O[Cl+3]([O-])([O-])[O-])c2ccccc2Oc2ccccc21. The van der Waals surface area contributed by atoms with E-state index in [0.717, 1.165) is 0 Å². The highest BCUT2D eigenvalue weighted by Gasteiger charge is 2.61. The lowest BCUT2D eigenvalue weighted by Gasteiger charge is -2.43. The number of carbonyl (C=O) groups is 2. The number of Topliss-reactive ketones (excluding diaryl/α,β-unsaturated/α-hetero) is 2. The van der Waals surface area contributed by atoms with Crippen molar-refractivity contribution in [3.05, 3.63) is 84.4 Å². The van der Waals surface area contributed by atoms with E-state index in [4.69, 9.17) is 8.47 Å². The minimum Gasteiger partial charge on any atom is -0.455 e. The number of fused-ring (bicyclic) bond motifs is 2. The molecule has 1 unspecified atom stereocenters. The Balaban J connectivity index is 2.12. The maximum absolute atomic E-state index is 14.0. The highest BCUT2D eigenvalue weighted by molar-refractivity contribution is 8.31. The highest BCUT2D eigenvalue weighted by atomic mass is 35.7. The van der Waals surface area contributed by atoms with Gasteiger partial charge in [0.05, 0.1) is 30.3 Å². The molecule has 0 aliphatic carbocycles. The quantitative estimate of drug-likeness (QED) is 0.375. The van der Waals surface area contributed by atoms with E-state index in [1.807, 2.05) is 0 Å². The van der Waals surface area contributed by atoms with Crippen LogP contribution in [0.15, 0.2) is 88.7 Å². The molecule has 3 aromatic rings. The second-order valence-electron chi connectivity index (χ2n) is 8.76. The molecule has 0 saturated heterocycles. The molecular formula is C25H23ClO7S. The molecular weight excluding hydrogens is 480 g/mol. The van der Waals surface area contributed by atoms with Gasteiger partial charge in [-0.25, -0.2) is 0 Å². The summed E-state index contributed by atoms with van der Waals surface area (Å²) in [4.78, 5) is 28.3. The maximum Gasteiger partial charge on any atom is 0.185 e. The molecule has 34 heavy (non-hydrogen) atoms. The summed E-state index contributed by atoms with van der Waals surface area (Å²) in [5.74, 6) is -0.771. The summed E-state index contributed by atoms with van der Waals surface area (Å²) >= 11 is 0. The molecule has 7 nitrogen and oxygen atoms in total. The van der Waals surface area contributed by atoms with Crippen molar-refractivity contribution >= 4 is 21.9 Å². The van der Waals surface area contributed by atoms with Crippen LogP contribution in [-0.4, -0.2) is 16.8 Å². The van der Waals surface area contributed by atoms with Gasteiger partial charge in [0.1, 0.15) is 15.2 Å². The van der Waals surface area contributed by atoms with Crippen LogP contribution in [0.4, 0.5) is 0 Å². The maximum atomic E-state index is 14.0. The van der Waals surface area contributed by atoms with E-state index in [9.17, 15) is 23.6 Å². The third kappa shape index (κ3) is 4.36. The normalized spacial score (nSPS) is 16.4. The zero-order valence-electron chi connectivity index (χ0n) is 18.7. The lowest BCUT2D eigenvalue weighted by molar-refractivity contribution is -1.91. The minimum atomic E-state index is -5.05. The van der Waals surface area contributed by atoms with Gasteiger partial charge in [-0.1, -0.05) is 75.4 Å². The molecule has 0 aromatic heterocycles. The molecule has 178 valence electrons. The van der Waals surface area contributed by atoms with E-state index in [-0.39, 0.29) is 26.9 Å². The van der Waals surface area contributed by atoms with Gasteiger partial charge in [-0.2, -0.15) is 14.0 Å². The van der Waals surface area contributed by atoms with Crippen LogP contribution in [0.1, 0.15) is 31.1 Å². The zero-order valence-corrected chi connectivity index (χ0v) is 20.3. The molecule has 9 heteroatoms. The summed E-state index contributed by atoms with van der Waals surface area (Å²) in [5, 5.41) is -1.63. The Kier molecular flexibility index (Phi) is 6.32. The molecule has 0 N–H and O–H groups in total. The van der Waals surface area contributed by atoms with Crippen LogP contribution < -0.4 is 18.7 Å². The molecule has 1 aliphatic heterocycles. The highest BCUT2D eigenvalue weighted by Crippen LogP contribution is 2.75. The van der Waals surface area contributed by atoms with Gasteiger partial charge in [-0.05, 0) is 24.3 Å². The number of benzene rings is 3. The fourth-order valence-electron chi connectivity index (χ4n) is 3.85. The molecule has 4 rings (SSSR count). The Labute approximate surface area is 201 Å². The molecule has 0 fully saturated rings. The zero-order chi connectivity index (χ0) is 24.7. The van der Waals surface area contributed by atoms with Gasteiger partial charge in [0.2, 0.25) is 0 Å². The first kappa shape index (κ1) is 24.4. The molecule has 1 atom stereocenters. The lowest BCUT2D eigenvalue weighted by Crippen LogP contribution is -2.62. The average molecular weight is 503 g/mol. The molecule has 0 bridgehead atoms. The van der Waals surface area contributed by atoms with Crippen molar-refractivity contribution in [2.24, 2.45) is 5.41 Å². The third-order valence-corrected chi connectivity index (χ3v) is 9.84. The van der Waals surface area contributed by atoms with Gasteiger partial charge in [-0.3, -0.25) is 9.59 Å². The van der Waals surface area contributed by atoms with Crippen molar-refractivity contribution in [3.63, 3.8) is 0 Å². The average Bonchev–Trinajstić information content (AvgIpc) is 2.78. The number of rotatable bonds is 6. The predicted octanol–water partition coefficient (Wildman–Crippen LogP) is 2.71. The molecule has 3 aromatic carbocycles. The first-order valence-corrected chi connectivity index (χ1v) is 13.2. The van der Waals surface area contributed by atoms with Crippen LogP contribution in [0.3, 0.4) is 0 Å². The van der Waals surface area contributed by atoms with E-state index in [1.54, 1.807) is 87.5 Å². The summed E-state index contributed by atoms with van der Waals surface area (Å²) < 4.78 is 48.0. The van der Waals surface area contributed by atoms with Crippen LogP contribution in [0.5, 0.6) is 11.5 Å². The number of ether oxygens (including phenoxy) is 1. The Morgan fingerprint density at radius 2 is 1.29 bits per heavy atom. The van der Waals surface area contributed by atoms with Crippen LogP contribution in [0.25, 0.3) is 0 Å². The fraction of sp³-hybridized carbons (Fsp3) is 0.200. The van der Waals surface area contributed by atoms with Gasteiger partial charge in [0.25, 0.3) is 0 Å². The van der Waals surface area contributed by atoms with Crippen LogP contribution in [0, 0.1) is 15.7 Å². The van der Waals surface area contributed by atoms with E-state index in [2.05, 4.69) is 0 Å². The first-order chi connectivity index (χ1) is 15.9. The van der Waals surface area contributed by atoms with Gasteiger partial charge >= 0.3 is 0 Å². The Morgan fingerprint density at radius 3 is 1.76 bits per heavy atom. The van der Waals surface area contributed by atoms with Gasteiger partial charge in [0, 0.05) is 11.0 Å². The largest absolute Gasteiger partial charge is 0.455 e. The topological polar surface area (TPSA) is 122 Å². The fourth-order valence-corrected chi connectivity index (χ4v) is 8.88. The second kappa shape index (κ2) is 8.81. The van der Waals surface area contributed by atoms with Gasteiger partial charge < -0.3 is 4.74 Å². The Bertz CT molecular complexity index is 1190. The summed E-state index contributed by atoms with van der Waals surface area (Å²) in [5.41, 5.74) is -0.869. The molecule has 0 spiro atoms. The summed E-state index contributed by atoms with van der Waals surface area (Å²) in [6.45, 7) is 4.90. The van der Waals surface area contributed by atoms with Gasteiger partial charge in [-0.15, -0.1) is 0 Å². The van der Waals surface area contributed by atoms with Crippen LogP contribution >= 0.6 is 10.3 Å². The number of hydrogen-bond donors (Lipinski definition) is 0. The van der Waals surface area contributed by atoms with Crippen LogP contribution in [-0.2, 0) is 8.53 Å². The van der Waals surface area contributed by atoms with Crippen LogP contribution in [0.2, 0.25) is 0 Å². The molecule has 0 radical (unpaired) electrons. The second-order valence-corrected chi connectivity index (χ2v) is 12.6. The van der Waals surface area contributed by atoms with Gasteiger partial charge in [0.15, 0.2) is 16.8 Å². The predicted molar refractivity (Wildman–Crippen MR) is 117 cm³/mol. The standard InChI is InChI=1S/C25H23ClO7S/c1-25(2,3)24(28)23(22(27)17-11-5-4-6-12-17)34(33-26(29,30)31)20-15-9-7-13-18(20)32-19-14-8-10-16-21(19)34/h4-16,23H,1-3H3. The van der Waals surface area contributed by atoms with E-state index in [1.165, 1.54) is 12.1 Å². The summed E-state index contributed by atoms with van der Waals surface area (Å²) in [7, 11) is -8.63. The first-order valence-electron chi connectivity index (χ1n) is 10.4. The van der Waals surface area contributed by atoms with E-state index in [0.29, 0.717) is 0 Å².